The summed E-state index contributed by atoms with van der Waals surface area (Å²) in [5, 5.41) is 18.9. The maximum atomic E-state index is 13.2. The Balaban J connectivity index is 1.86. The number of rotatable bonds is 8. The third-order valence-electron chi connectivity index (χ3n) is 6.56. The van der Waals surface area contributed by atoms with Crippen molar-refractivity contribution >= 4 is 17.6 Å². The number of amides is 1. The van der Waals surface area contributed by atoms with E-state index in [0.29, 0.717) is 25.4 Å². The van der Waals surface area contributed by atoms with Crippen LogP contribution in [0, 0.1) is 5.92 Å². The zero-order valence-corrected chi connectivity index (χ0v) is 21.3. The van der Waals surface area contributed by atoms with Crippen molar-refractivity contribution in [3.05, 3.63) is 59.2 Å². The lowest BCUT2D eigenvalue weighted by molar-refractivity contribution is -0.134. The molecule has 0 unspecified atom stereocenters. The number of nitrogens with zero attached hydrogens (tertiary/aromatic N) is 3. The number of benzene rings is 2. The molecule has 8 nitrogen and oxygen atoms in total. The summed E-state index contributed by atoms with van der Waals surface area (Å²) in [5.41, 5.74) is 3.10. The second kappa shape index (κ2) is 11.6. The quantitative estimate of drug-likeness (QED) is 0.596. The van der Waals surface area contributed by atoms with Gasteiger partial charge in [0.05, 0.1) is 24.6 Å². The van der Waals surface area contributed by atoms with Gasteiger partial charge in [-0.25, -0.2) is 4.79 Å². The van der Waals surface area contributed by atoms with Gasteiger partial charge in [0.1, 0.15) is 11.9 Å². The number of carboxylic acid groups (broad SMARTS) is 1. The molecule has 0 aromatic heterocycles. The van der Waals surface area contributed by atoms with Crippen molar-refractivity contribution in [3.63, 3.8) is 0 Å². The van der Waals surface area contributed by atoms with Crippen LogP contribution in [0.15, 0.2) is 42.5 Å². The second-order valence-corrected chi connectivity index (χ2v) is 9.77. The number of ether oxygens (including phenoxy) is 1. The standard InChI is InChI=1S/C27H37N3O5/c1-18-14-30(19(2)17-31)26(32)13-22-12-23(28(3)4)10-11-24(22)35-25(18)16-29(5)15-20-6-8-21(9-7-20)27(33)34/h6-12,18-19,25,31H,13-17H2,1-5H3,(H,33,34)/t18-,19-,25-/m0/s1. The predicted molar refractivity (Wildman–Crippen MR) is 136 cm³/mol. The first-order valence-corrected chi connectivity index (χ1v) is 12.0. The van der Waals surface area contributed by atoms with Gasteiger partial charge in [-0.15, -0.1) is 0 Å². The Bertz CT molecular complexity index is 1020. The molecule has 0 saturated carbocycles. The second-order valence-electron chi connectivity index (χ2n) is 9.77. The summed E-state index contributed by atoms with van der Waals surface area (Å²) in [5.74, 6) is -0.237. The maximum Gasteiger partial charge on any atom is 0.335 e. The first-order chi connectivity index (χ1) is 16.6. The van der Waals surface area contributed by atoms with E-state index in [-0.39, 0.29) is 42.6 Å². The molecule has 0 aliphatic carbocycles. The van der Waals surface area contributed by atoms with E-state index in [0.717, 1.165) is 16.8 Å². The molecule has 2 aromatic rings. The van der Waals surface area contributed by atoms with Crippen LogP contribution in [0.5, 0.6) is 5.75 Å². The van der Waals surface area contributed by atoms with Crippen molar-refractivity contribution < 1.29 is 24.5 Å². The smallest absolute Gasteiger partial charge is 0.335 e. The Hall–Kier alpha value is -3.10. The van der Waals surface area contributed by atoms with E-state index in [4.69, 9.17) is 9.84 Å². The van der Waals surface area contributed by atoms with Crippen LogP contribution in [0.25, 0.3) is 0 Å². The zero-order chi connectivity index (χ0) is 25.7. The Labute approximate surface area is 207 Å². The molecular weight excluding hydrogens is 446 g/mol. The fourth-order valence-corrected chi connectivity index (χ4v) is 4.35. The molecule has 0 fully saturated rings. The number of hydrogen-bond donors (Lipinski definition) is 2. The number of carboxylic acids is 1. The molecule has 1 aliphatic rings. The van der Waals surface area contributed by atoms with Gasteiger partial charge in [0.2, 0.25) is 5.91 Å². The Morgan fingerprint density at radius 3 is 2.46 bits per heavy atom. The average Bonchev–Trinajstić information content (AvgIpc) is 2.86. The van der Waals surface area contributed by atoms with Gasteiger partial charge < -0.3 is 24.7 Å². The van der Waals surface area contributed by atoms with Crippen LogP contribution in [-0.4, -0.2) is 84.9 Å². The van der Waals surface area contributed by atoms with Crippen LogP contribution in [0.2, 0.25) is 0 Å². The van der Waals surface area contributed by atoms with Gasteiger partial charge in [0.25, 0.3) is 0 Å². The van der Waals surface area contributed by atoms with Gasteiger partial charge in [-0.3, -0.25) is 9.69 Å². The number of aliphatic hydroxyl groups is 1. The van der Waals surface area contributed by atoms with Crippen LogP contribution < -0.4 is 9.64 Å². The fraction of sp³-hybridized carbons (Fsp3) is 0.481. The minimum atomic E-state index is -0.940. The minimum absolute atomic E-state index is 0.0178. The maximum absolute atomic E-state index is 13.2. The number of carbonyl (C=O) groups is 2. The molecule has 1 amide bonds. The highest BCUT2D eigenvalue weighted by atomic mass is 16.5. The first-order valence-electron chi connectivity index (χ1n) is 12.0. The SMILES string of the molecule is C[C@H]1CN([C@@H](C)CO)C(=O)Cc2cc(N(C)C)ccc2O[C@H]1CN(C)Cc1ccc(C(=O)O)cc1. The summed E-state index contributed by atoms with van der Waals surface area (Å²) in [4.78, 5) is 30.3. The third kappa shape index (κ3) is 6.74. The van der Waals surface area contributed by atoms with Crippen LogP contribution in [0.1, 0.15) is 35.3 Å². The molecule has 3 atom stereocenters. The normalized spacial score (nSPS) is 19.3. The van der Waals surface area contributed by atoms with E-state index in [1.807, 2.05) is 63.3 Å². The van der Waals surface area contributed by atoms with Crippen molar-refractivity contribution in [2.45, 2.75) is 39.0 Å². The summed E-state index contributed by atoms with van der Waals surface area (Å²) in [7, 11) is 5.92. The highest BCUT2D eigenvalue weighted by Crippen LogP contribution is 2.30. The van der Waals surface area contributed by atoms with Crippen LogP contribution in [-0.2, 0) is 17.8 Å². The van der Waals surface area contributed by atoms with E-state index in [9.17, 15) is 14.7 Å². The molecule has 35 heavy (non-hydrogen) atoms. The number of aromatic carboxylic acids is 1. The van der Waals surface area contributed by atoms with Gasteiger partial charge in [0.15, 0.2) is 0 Å². The molecule has 0 spiro atoms. The van der Waals surface area contributed by atoms with Crippen molar-refractivity contribution in [1.29, 1.82) is 0 Å². The van der Waals surface area contributed by atoms with E-state index >= 15 is 0 Å². The predicted octanol–water partition coefficient (Wildman–Crippen LogP) is 2.73. The first kappa shape index (κ1) is 26.5. The van der Waals surface area contributed by atoms with Crippen molar-refractivity contribution in [2.24, 2.45) is 5.92 Å². The van der Waals surface area contributed by atoms with E-state index in [1.165, 1.54) is 0 Å². The van der Waals surface area contributed by atoms with Gasteiger partial charge >= 0.3 is 5.97 Å². The molecule has 0 bridgehead atoms. The molecule has 1 aliphatic heterocycles. The van der Waals surface area contributed by atoms with Crippen molar-refractivity contribution in [3.8, 4) is 5.75 Å². The number of carbonyl (C=O) groups excluding carboxylic acids is 1. The molecular formula is C27H37N3O5. The summed E-state index contributed by atoms with van der Waals surface area (Å²) < 4.78 is 6.55. The molecule has 0 saturated heterocycles. The summed E-state index contributed by atoms with van der Waals surface area (Å²) in [6.45, 7) is 5.58. The molecule has 8 heteroatoms. The monoisotopic (exact) mass is 483 g/mol. The number of aliphatic hydroxyl groups excluding tert-OH is 1. The van der Waals surface area contributed by atoms with Crippen molar-refractivity contribution in [1.82, 2.24) is 9.80 Å². The molecule has 1 heterocycles. The lowest BCUT2D eigenvalue weighted by Crippen LogP contribution is -2.47. The molecule has 2 N–H and O–H groups in total. The van der Waals surface area contributed by atoms with Gasteiger partial charge in [-0.05, 0) is 49.9 Å². The van der Waals surface area contributed by atoms with Gasteiger partial charge in [-0.2, -0.15) is 0 Å². The molecule has 0 radical (unpaired) electrons. The lowest BCUT2D eigenvalue weighted by Gasteiger charge is -2.34. The summed E-state index contributed by atoms with van der Waals surface area (Å²) in [6, 6.07) is 12.5. The highest BCUT2D eigenvalue weighted by molar-refractivity contribution is 5.87. The average molecular weight is 484 g/mol. The van der Waals surface area contributed by atoms with Gasteiger partial charge in [-0.1, -0.05) is 19.1 Å². The number of fused-ring (bicyclic) bond motifs is 1. The lowest BCUT2D eigenvalue weighted by atomic mass is 10.0. The van der Waals surface area contributed by atoms with E-state index in [2.05, 4.69) is 11.8 Å². The number of anilines is 1. The van der Waals surface area contributed by atoms with E-state index < -0.39 is 5.97 Å². The number of likely N-dealkylation sites (N-methyl/N-ethyl adjacent to an activating group) is 1. The van der Waals surface area contributed by atoms with E-state index in [1.54, 1.807) is 17.0 Å². The summed E-state index contributed by atoms with van der Waals surface area (Å²) in [6.07, 6.45) is 0.0218. The molecule has 190 valence electrons. The fourth-order valence-electron chi connectivity index (χ4n) is 4.35. The molecule has 3 rings (SSSR count). The highest BCUT2D eigenvalue weighted by Gasteiger charge is 2.31. The number of hydrogen-bond acceptors (Lipinski definition) is 6. The minimum Gasteiger partial charge on any atom is -0.488 e. The molecule has 2 aromatic carbocycles. The summed E-state index contributed by atoms with van der Waals surface area (Å²) >= 11 is 0. The van der Waals surface area contributed by atoms with Crippen molar-refractivity contribution in [2.75, 3.05) is 45.7 Å². The van der Waals surface area contributed by atoms with Gasteiger partial charge in [0, 0.05) is 50.9 Å². The topological polar surface area (TPSA) is 93.6 Å². The Morgan fingerprint density at radius 1 is 1.17 bits per heavy atom. The Morgan fingerprint density at radius 2 is 1.86 bits per heavy atom. The van der Waals surface area contributed by atoms with Crippen LogP contribution in [0.4, 0.5) is 5.69 Å². The Kier molecular flexibility index (Phi) is 8.75. The largest absolute Gasteiger partial charge is 0.488 e. The van der Waals surface area contributed by atoms with Crippen LogP contribution in [0.3, 0.4) is 0 Å². The third-order valence-corrected chi connectivity index (χ3v) is 6.56. The zero-order valence-electron chi connectivity index (χ0n) is 21.3. The van der Waals surface area contributed by atoms with Crippen LogP contribution >= 0.6 is 0 Å².